The molecule has 0 saturated heterocycles. The van der Waals surface area contributed by atoms with Crippen molar-refractivity contribution in [3.63, 3.8) is 0 Å². The third kappa shape index (κ3) is 3.28. The first-order valence-electron chi connectivity index (χ1n) is 9.62. The Bertz CT molecular complexity index is 579. The van der Waals surface area contributed by atoms with Crippen molar-refractivity contribution in [3.05, 3.63) is 23.3 Å². The number of ether oxygens (including phenoxy) is 1. The number of hydrogen-bond donors (Lipinski definition) is 2. The molecule has 0 aromatic heterocycles. The van der Waals surface area contributed by atoms with Crippen LogP contribution in [0.1, 0.15) is 76.3 Å². The van der Waals surface area contributed by atoms with Crippen LogP contribution in [0.5, 0.6) is 11.5 Å². The summed E-state index contributed by atoms with van der Waals surface area (Å²) in [5.41, 5.74) is 1.94. The maximum atomic E-state index is 10.7. The smallest absolute Gasteiger partial charge is 0.127 e. The molecule has 0 spiro atoms. The lowest BCUT2D eigenvalue weighted by Crippen LogP contribution is -2.47. The number of hydrogen-bond acceptors (Lipinski definition) is 3. The lowest BCUT2D eigenvalue weighted by atomic mass is 9.64. The quantitative estimate of drug-likeness (QED) is 0.762. The van der Waals surface area contributed by atoms with Crippen molar-refractivity contribution in [2.75, 3.05) is 6.61 Å². The molecule has 3 heteroatoms. The van der Waals surface area contributed by atoms with Crippen molar-refractivity contribution in [1.82, 2.24) is 0 Å². The van der Waals surface area contributed by atoms with Crippen molar-refractivity contribution in [2.45, 2.75) is 77.2 Å². The van der Waals surface area contributed by atoms with Gasteiger partial charge in [-0.25, -0.2) is 0 Å². The Morgan fingerprint density at radius 2 is 2.00 bits per heavy atom. The first-order chi connectivity index (χ1) is 11.5. The van der Waals surface area contributed by atoms with Crippen LogP contribution in [0.3, 0.4) is 0 Å². The van der Waals surface area contributed by atoms with E-state index in [2.05, 4.69) is 26.8 Å². The van der Waals surface area contributed by atoms with Crippen LogP contribution in [0.2, 0.25) is 0 Å². The number of aromatic hydroxyl groups is 1. The molecular formula is C21H32O3. The first kappa shape index (κ1) is 17.6. The summed E-state index contributed by atoms with van der Waals surface area (Å²) in [6.45, 7) is 6.80. The number of aliphatic hydroxyl groups is 1. The minimum Gasteiger partial charge on any atom is -0.508 e. The van der Waals surface area contributed by atoms with Gasteiger partial charge in [0.2, 0.25) is 0 Å². The van der Waals surface area contributed by atoms with Gasteiger partial charge in [-0.3, -0.25) is 0 Å². The van der Waals surface area contributed by atoms with Crippen LogP contribution in [0.15, 0.2) is 12.1 Å². The van der Waals surface area contributed by atoms with Crippen LogP contribution in [-0.4, -0.2) is 22.4 Å². The van der Waals surface area contributed by atoms with Gasteiger partial charge < -0.3 is 14.9 Å². The van der Waals surface area contributed by atoms with Crippen LogP contribution in [0.4, 0.5) is 0 Å². The maximum absolute atomic E-state index is 10.7. The zero-order valence-corrected chi connectivity index (χ0v) is 15.3. The van der Waals surface area contributed by atoms with Crippen LogP contribution in [0.25, 0.3) is 0 Å². The van der Waals surface area contributed by atoms with Crippen molar-refractivity contribution in [1.29, 1.82) is 0 Å². The Hall–Kier alpha value is -1.22. The summed E-state index contributed by atoms with van der Waals surface area (Å²) in [4.78, 5) is 0. The van der Waals surface area contributed by atoms with E-state index in [1.54, 1.807) is 0 Å². The Morgan fingerprint density at radius 1 is 1.21 bits per heavy atom. The Morgan fingerprint density at radius 3 is 2.71 bits per heavy atom. The number of phenols is 1. The predicted octanol–water partition coefficient (Wildman–Crippen LogP) is 4.79. The summed E-state index contributed by atoms with van der Waals surface area (Å²) in [5.74, 6) is 2.30. The van der Waals surface area contributed by atoms with Crippen molar-refractivity contribution in [3.8, 4) is 11.5 Å². The third-order valence-corrected chi connectivity index (χ3v) is 6.10. The highest BCUT2D eigenvalue weighted by molar-refractivity contribution is 5.52. The minimum atomic E-state index is -0.216. The van der Waals surface area contributed by atoms with E-state index in [1.807, 2.05) is 6.07 Å². The van der Waals surface area contributed by atoms with Gasteiger partial charge in [-0.1, -0.05) is 19.8 Å². The number of aliphatic hydroxyl groups excluding tert-OH is 1. The van der Waals surface area contributed by atoms with Crippen LogP contribution in [0, 0.1) is 11.8 Å². The van der Waals surface area contributed by atoms with Crippen LogP contribution in [-0.2, 0) is 6.42 Å². The summed E-state index contributed by atoms with van der Waals surface area (Å²) in [6.07, 6.45) is 7.61. The van der Waals surface area contributed by atoms with Gasteiger partial charge in [-0.05, 0) is 75.5 Å². The fourth-order valence-corrected chi connectivity index (χ4v) is 4.78. The summed E-state index contributed by atoms with van der Waals surface area (Å²) in [6, 6.07) is 4.08. The molecule has 1 heterocycles. The van der Waals surface area contributed by atoms with E-state index >= 15 is 0 Å². The second-order valence-corrected chi connectivity index (χ2v) is 8.26. The van der Waals surface area contributed by atoms with Gasteiger partial charge in [0, 0.05) is 18.1 Å². The lowest BCUT2D eigenvalue weighted by Gasteiger charge is -2.49. The van der Waals surface area contributed by atoms with E-state index in [0.717, 1.165) is 43.4 Å². The molecule has 1 aromatic rings. The summed E-state index contributed by atoms with van der Waals surface area (Å²) >= 11 is 0. The number of unbranched alkanes of at least 4 members (excludes halogenated alkanes) is 2. The highest BCUT2D eigenvalue weighted by atomic mass is 16.5. The van der Waals surface area contributed by atoms with Gasteiger partial charge in [0.15, 0.2) is 0 Å². The number of fused-ring (bicyclic) bond motifs is 3. The summed E-state index contributed by atoms with van der Waals surface area (Å²) in [5, 5.41) is 20.3. The molecule has 0 bridgehead atoms. The number of rotatable bonds is 5. The maximum Gasteiger partial charge on any atom is 0.127 e. The number of benzene rings is 1. The third-order valence-electron chi connectivity index (χ3n) is 6.10. The van der Waals surface area contributed by atoms with Crippen LogP contribution < -0.4 is 4.74 Å². The highest BCUT2D eigenvalue weighted by Crippen LogP contribution is 2.55. The normalized spacial score (nSPS) is 27.9. The molecule has 1 aliphatic carbocycles. The molecule has 3 atom stereocenters. The van der Waals surface area contributed by atoms with Gasteiger partial charge in [-0.15, -0.1) is 0 Å². The molecule has 1 aliphatic heterocycles. The molecular weight excluding hydrogens is 300 g/mol. The standard InChI is InChI=1S/C21H32O3/c1-4-5-6-7-14-11-18(23)20-16-10-15(13-22)8-9-17(16)21(2,3)24-19(20)12-14/h11-12,15-17,22-23H,4-10,13H2,1-3H3. The van der Waals surface area contributed by atoms with E-state index in [0.29, 0.717) is 23.5 Å². The zero-order valence-electron chi connectivity index (χ0n) is 15.3. The van der Waals surface area contributed by atoms with E-state index in [4.69, 9.17) is 4.74 Å². The SMILES string of the molecule is CCCCCc1cc(O)c2c(c1)OC(C)(C)C1CCC(CO)CC21. The highest BCUT2D eigenvalue weighted by Gasteiger charge is 2.47. The summed E-state index contributed by atoms with van der Waals surface area (Å²) in [7, 11) is 0. The molecule has 1 fully saturated rings. The summed E-state index contributed by atoms with van der Waals surface area (Å²) < 4.78 is 6.36. The Labute approximate surface area is 146 Å². The molecule has 1 aromatic carbocycles. The fourth-order valence-electron chi connectivity index (χ4n) is 4.78. The average molecular weight is 332 g/mol. The molecule has 3 nitrogen and oxygen atoms in total. The fraction of sp³-hybridized carbons (Fsp3) is 0.714. The topological polar surface area (TPSA) is 49.7 Å². The van der Waals surface area contributed by atoms with Crippen molar-refractivity contribution >= 4 is 0 Å². The molecule has 1 saturated carbocycles. The molecule has 0 radical (unpaired) electrons. The molecule has 3 rings (SSSR count). The van der Waals surface area contributed by atoms with E-state index in [1.165, 1.54) is 18.4 Å². The second kappa shape index (κ2) is 6.95. The molecule has 2 N–H and O–H groups in total. The molecule has 2 aliphatic rings. The molecule has 0 amide bonds. The van der Waals surface area contributed by atoms with Gasteiger partial charge in [-0.2, -0.15) is 0 Å². The van der Waals surface area contributed by atoms with Gasteiger partial charge in [0.1, 0.15) is 17.1 Å². The molecule has 3 unspecified atom stereocenters. The number of aryl methyl sites for hydroxylation is 1. The molecule has 24 heavy (non-hydrogen) atoms. The minimum absolute atomic E-state index is 0.216. The van der Waals surface area contributed by atoms with Crippen LogP contribution >= 0.6 is 0 Å². The van der Waals surface area contributed by atoms with Crippen molar-refractivity contribution in [2.24, 2.45) is 11.8 Å². The monoisotopic (exact) mass is 332 g/mol. The molecule has 134 valence electrons. The first-order valence-corrected chi connectivity index (χ1v) is 9.62. The average Bonchev–Trinajstić information content (AvgIpc) is 2.53. The Balaban J connectivity index is 1.93. The predicted molar refractivity (Wildman–Crippen MR) is 96.7 cm³/mol. The zero-order chi connectivity index (χ0) is 17.3. The van der Waals surface area contributed by atoms with E-state index in [-0.39, 0.29) is 12.2 Å². The largest absolute Gasteiger partial charge is 0.508 e. The van der Waals surface area contributed by atoms with Gasteiger partial charge in [0.05, 0.1) is 0 Å². The van der Waals surface area contributed by atoms with Gasteiger partial charge >= 0.3 is 0 Å². The van der Waals surface area contributed by atoms with Gasteiger partial charge in [0.25, 0.3) is 0 Å². The van der Waals surface area contributed by atoms with Crippen molar-refractivity contribution < 1.29 is 14.9 Å². The second-order valence-electron chi connectivity index (χ2n) is 8.26. The van der Waals surface area contributed by atoms with E-state index < -0.39 is 0 Å². The number of phenolic OH excluding ortho intramolecular Hbond substituents is 1. The van der Waals surface area contributed by atoms with E-state index in [9.17, 15) is 10.2 Å². The Kier molecular flexibility index (Phi) is 5.10. The lowest BCUT2D eigenvalue weighted by molar-refractivity contribution is -0.0210.